The van der Waals surface area contributed by atoms with E-state index in [1.165, 1.54) is 11.3 Å². The molecule has 1 aliphatic heterocycles. The summed E-state index contributed by atoms with van der Waals surface area (Å²) in [6.07, 6.45) is 3.48. The number of fused-ring (bicyclic) bond motifs is 1. The first-order chi connectivity index (χ1) is 16.8. The van der Waals surface area contributed by atoms with E-state index in [2.05, 4.69) is 14.6 Å². The molecular weight excluding hydrogens is 506 g/mol. The largest absolute Gasteiger partial charge is 0.368 e. The third-order valence-electron chi connectivity index (χ3n) is 6.22. The lowest BCUT2D eigenvalue weighted by Gasteiger charge is -2.37. The number of halogens is 1. The van der Waals surface area contributed by atoms with E-state index in [-0.39, 0.29) is 16.8 Å². The van der Waals surface area contributed by atoms with Crippen molar-refractivity contribution in [2.45, 2.75) is 17.9 Å². The van der Waals surface area contributed by atoms with Crippen molar-refractivity contribution in [1.82, 2.24) is 14.5 Å². The second kappa shape index (κ2) is 9.52. The topological polar surface area (TPSA) is 87.5 Å². The molecule has 8 nitrogen and oxygen atoms in total. The summed E-state index contributed by atoms with van der Waals surface area (Å²) in [6, 6.07) is 14.1. The van der Waals surface area contributed by atoms with Crippen molar-refractivity contribution in [2.75, 3.05) is 35.8 Å². The average molecular weight is 530 g/mol. The highest BCUT2D eigenvalue weighted by atomic mass is 35.5. The second-order valence-corrected chi connectivity index (χ2v) is 11.4. The van der Waals surface area contributed by atoms with Gasteiger partial charge in [0, 0.05) is 54.7 Å². The summed E-state index contributed by atoms with van der Waals surface area (Å²) in [5, 5.41) is 3.73. The first-order valence-electron chi connectivity index (χ1n) is 11.1. The van der Waals surface area contributed by atoms with Crippen LogP contribution in [0.4, 0.5) is 10.8 Å². The van der Waals surface area contributed by atoms with Crippen molar-refractivity contribution >= 4 is 60.6 Å². The number of anilines is 2. The van der Waals surface area contributed by atoms with E-state index in [1.54, 1.807) is 35.8 Å². The van der Waals surface area contributed by atoms with Gasteiger partial charge in [-0.3, -0.25) is 9.52 Å². The fourth-order valence-corrected chi connectivity index (χ4v) is 6.27. The lowest BCUT2D eigenvalue weighted by atomic mass is 10.2. The van der Waals surface area contributed by atoms with Gasteiger partial charge in [-0.25, -0.2) is 13.4 Å². The number of amides is 1. The summed E-state index contributed by atoms with van der Waals surface area (Å²) in [4.78, 5) is 21.4. The quantitative estimate of drug-likeness (QED) is 0.398. The Morgan fingerprint density at radius 2 is 1.83 bits per heavy atom. The van der Waals surface area contributed by atoms with E-state index in [0.29, 0.717) is 36.3 Å². The van der Waals surface area contributed by atoms with Gasteiger partial charge in [-0.15, -0.1) is 11.3 Å². The van der Waals surface area contributed by atoms with E-state index in [1.807, 2.05) is 46.9 Å². The van der Waals surface area contributed by atoms with E-state index in [0.717, 1.165) is 16.6 Å². The Morgan fingerprint density at radius 3 is 2.51 bits per heavy atom. The number of nitrogens with one attached hydrogen (secondary N) is 1. The molecule has 0 spiro atoms. The molecule has 1 aliphatic rings. The minimum Gasteiger partial charge on any atom is -0.368 e. The Balaban J connectivity index is 1.22. The third-order valence-corrected chi connectivity index (χ3v) is 8.63. The molecule has 0 radical (unpaired) electrons. The zero-order valence-electron chi connectivity index (χ0n) is 19.0. The maximum atomic E-state index is 13.2. The molecular formula is C24H24ClN5O3S2. The third kappa shape index (κ3) is 4.86. The molecule has 35 heavy (non-hydrogen) atoms. The smallest absolute Gasteiger partial charge is 0.263 e. The molecule has 0 aliphatic carbocycles. The van der Waals surface area contributed by atoms with Crippen LogP contribution < -0.4 is 9.62 Å². The summed E-state index contributed by atoms with van der Waals surface area (Å²) in [5.74, 6) is 0.0665. The van der Waals surface area contributed by atoms with Crippen LogP contribution in [-0.2, 0) is 14.8 Å². The Bertz CT molecular complexity index is 1440. The van der Waals surface area contributed by atoms with Crippen molar-refractivity contribution in [1.29, 1.82) is 0 Å². The van der Waals surface area contributed by atoms with Gasteiger partial charge in [-0.05, 0) is 54.8 Å². The van der Waals surface area contributed by atoms with Crippen LogP contribution in [-0.4, -0.2) is 55.0 Å². The molecule has 2 aromatic carbocycles. The molecule has 0 bridgehead atoms. The minimum atomic E-state index is -3.68. The predicted octanol–water partition coefficient (Wildman–Crippen LogP) is 4.46. The van der Waals surface area contributed by atoms with Crippen LogP contribution in [0, 0.1) is 0 Å². The fraction of sp³-hybridized carbons (Fsp3) is 0.250. The molecule has 2 aromatic heterocycles. The maximum Gasteiger partial charge on any atom is 0.263 e. The summed E-state index contributed by atoms with van der Waals surface area (Å²) in [6.45, 7) is 4.43. The first kappa shape index (κ1) is 23.7. The summed E-state index contributed by atoms with van der Waals surface area (Å²) >= 11 is 7.39. The fourth-order valence-electron chi connectivity index (χ4n) is 4.31. The van der Waals surface area contributed by atoms with E-state index >= 15 is 0 Å². The Hall–Kier alpha value is -3.08. The normalized spacial score (nSPS) is 15.4. The van der Waals surface area contributed by atoms with Crippen molar-refractivity contribution < 1.29 is 13.2 Å². The number of rotatable bonds is 6. The monoisotopic (exact) mass is 529 g/mol. The van der Waals surface area contributed by atoms with Gasteiger partial charge in [-0.2, -0.15) is 0 Å². The molecule has 1 saturated heterocycles. The van der Waals surface area contributed by atoms with Gasteiger partial charge in [-0.1, -0.05) is 17.7 Å². The standard InChI is InChI=1S/C24H24ClN5O3S2/c1-17(30-10-8-18-2-3-19(25)16-22(18)30)23(31)29-13-11-28(12-14-29)20-4-6-21(7-5-20)35(32,33)27-24-26-9-15-34-24/h2-10,15-17H,11-14H2,1H3,(H,26,27)/t17-/m1/s1. The van der Waals surface area contributed by atoms with Gasteiger partial charge in [0.05, 0.1) is 10.4 Å². The molecule has 1 N–H and O–H groups in total. The molecule has 4 aromatic rings. The molecule has 0 saturated carbocycles. The van der Waals surface area contributed by atoms with Gasteiger partial charge < -0.3 is 14.4 Å². The number of thiazole rings is 1. The number of nitrogens with zero attached hydrogens (tertiary/aromatic N) is 4. The molecule has 182 valence electrons. The summed E-state index contributed by atoms with van der Waals surface area (Å²) in [5.41, 5.74) is 1.86. The van der Waals surface area contributed by atoms with Gasteiger partial charge >= 0.3 is 0 Å². The van der Waals surface area contributed by atoms with Crippen molar-refractivity contribution in [3.8, 4) is 0 Å². The van der Waals surface area contributed by atoms with Gasteiger partial charge in [0.1, 0.15) is 6.04 Å². The van der Waals surface area contributed by atoms with Crippen LogP contribution in [0.3, 0.4) is 0 Å². The van der Waals surface area contributed by atoms with Gasteiger partial charge in [0.2, 0.25) is 5.91 Å². The maximum absolute atomic E-state index is 13.2. The first-order valence-corrected chi connectivity index (χ1v) is 13.9. The average Bonchev–Trinajstić information content (AvgIpc) is 3.52. The van der Waals surface area contributed by atoms with Crippen molar-refractivity contribution in [2.24, 2.45) is 0 Å². The van der Waals surface area contributed by atoms with Crippen LogP contribution in [0.2, 0.25) is 5.02 Å². The molecule has 1 fully saturated rings. The van der Waals surface area contributed by atoms with Crippen LogP contribution in [0.1, 0.15) is 13.0 Å². The van der Waals surface area contributed by atoms with Crippen LogP contribution in [0.5, 0.6) is 0 Å². The van der Waals surface area contributed by atoms with Crippen LogP contribution in [0.15, 0.2) is 71.2 Å². The molecule has 0 unspecified atom stereocenters. The molecule has 1 atom stereocenters. The zero-order valence-corrected chi connectivity index (χ0v) is 21.4. The number of piperazine rings is 1. The van der Waals surface area contributed by atoms with Crippen molar-refractivity contribution in [3.63, 3.8) is 0 Å². The Labute approximate surface area is 212 Å². The number of carbonyl (C=O) groups is 1. The molecule has 5 rings (SSSR count). The summed E-state index contributed by atoms with van der Waals surface area (Å²) in [7, 11) is -3.68. The SMILES string of the molecule is C[C@H](C(=O)N1CCN(c2ccc(S(=O)(=O)Nc3nccs3)cc2)CC1)n1ccc2ccc(Cl)cc21. The van der Waals surface area contributed by atoms with E-state index < -0.39 is 10.0 Å². The molecule has 1 amide bonds. The highest BCUT2D eigenvalue weighted by molar-refractivity contribution is 7.93. The second-order valence-electron chi connectivity index (χ2n) is 8.35. The number of benzene rings is 2. The van der Waals surface area contributed by atoms with Crippen LogP contribution in [0.25, 0.3) is 10.9 Å². The number of carbonyl (C=O) groups excluding carboxylic acids is 1. The lowest BCUT2D eigenvalue weighted by molar-refractivity contribution is -0.134. The number of hydrogen-bond acceptors (Lipinski definition) is 6. The lowest BCUT2D eigenvalue weighted by Crippen LogP contribution is -2.50. The van der Waals surface area contributed by atoms with E-state index in [4.69, 9.17) is 11.6 Å². The highest BCUT2D eigenvalue weighted by Crippen LogP contribution is 2.26. The minimum absolute atomic E-state index is 0.0665. The molecule has 3 heterocycles. The number of sulfonamides is 1. The van der Waals surface area contributed by atoms with Gasteiger partial charge in [0.15, 0.2) is 5.13 Å². The highest BCUT2D eigenvalue weighted by Gasteiger charge is 2.27. The Kier molecular flexibility index (Phi) is 6.43. The Morgan fingerprint density at radius 1 is 1.09 bits per heavy atom. The van der Waals surface area contributed by atoms with Crippen LogP contribution >= 0.6 is 22.9 Å². The molecule has 11 heteroatoms. The van der Waals surface area contributed by atoms with Gasteiger partial charge in [0.25, 0.3) is 10.0 Å². The van der Waals surface area contributed by atoms with Crippen molar-refractivity contribution in [3.05, 3.63) is 71.3 Å². The van der Waals surface area contributed by atoms with E-state index in [9.17, 15) is 13.2 Å². The number of hydrogen-bond donors (Lipinski definition) is 1. The zero-order chi connectivity index (χ0) is 24.6. The summed E-state index contributed by atoms with van der Waals surface area (Å²) < 4.78 is 29.6. The predicted molar refractivity (Wildman–Crippen MR) is 140 cm³/mol. The number of aromatic nitrogens is 2.